The molecule has 0 radical (unpaired) electrons. The Kier molecular flexibility index (Phi) is 2.19. The van der Waals surface area contributed by atoms with Crippen LogP contribution in [0.15, 0.2) is 58.1 Å². The highest BCUT2D eigenvalue weighted by atomic mass is 16.4. The smallest absolute Gasteiger partial charge is 0.345 e. The number of fused-ring (bicyclic) bond motifs is 1. The Morgan fingerprint density at radius 1 is 1.12 bits per heavy atom. The van der Waals surface area contributed by atoms with Gasteiger partial charge in [-0.25, -0.2) is 14.8 Å². The molecular formula is C13H8N2O2. The molecule has 0 saturated carbocycles. The van der Waals surface area contributed by atoms with Gasteiger partial charge in [0.25, 0.3) is 0 Å². The Labute approximate surface area is 96.6 Å². The minimum atomic E-state index is -0.387. The first-order valence-electron chi connectivity index (χ1n) is 5.14. The van der Waals surface area contributed by atoms with Gasteiger partial charge >= 0.3 is 5.63 Å². The lowest BCUT2D eigenvalue weighted by atomic mass is 10.1. The molecule has 0 aliphatic carbocycles. The van der Waals surface area contributed by atoms with Crippen LogP contribution in [0.25, 0.3) is 22.2 Å². The van der Waals surface area contributed by atoms with Crippen molar-refractivity contribution in [1.29, 1.82) is 0 Å². The maximum absolute atomic E-state index is 11.8. The zero-order valence-electron chi connectivity index (χ0n) is 8.83. The molecule has 0 N–H and O–H groups in total. The molecule has 0 amide bonds. The monoisotopic (exact) mass is 224 g/mol. The van der Waals surface area contributed by atoms with Crippen LogP contribution in [0.5, 0.6) is 0 Å². The molecule has 0 aliphatic heterocycles. The highest BCUT2D eigenvalue weighted by Crippen LogP contribution is 2.18. The number of nitrogens with zero attached hydrogens (tertiary/aromatic N) is 2. The molecule has 0 unspecified atom stereocenters. The van der Waals surface area contributed by atoms with Crippen molar-refractivity contribution >= 4 is 11.0 Å². The molecule has 0 atom stereocenters. The predicted molar refractivity (Wildman–Crippen MR) is 63.5 cm³/mol. The second-order valence-corrected chi connectivity index (χ2v) is 3.58. The van der Waals surface area contributed by atoms with Gasteiger partial charge in [-0.15, -0.1) is 0 Å². The Morgan fingerprint density at radius 3 is 2.82 bits per heavy atom. The molecule has 0 spiro atoms. The molecule has 0 bridgehead atoms. The van der Waals surface area contributed by atoms with E-state index >= 15 is 0 Å². The van der Waals surface area contributed by atoms with Crippen molar-refractivity contribution in [3.63, 3.8) is 0 Å². The van der Waals surface area contributed by atoms with Gasteiger partial charge in [0.1, 0.15) is 11.9 Å². The van der Waals surface area contributed by atoms with E-state index in [0.717, 1.165) is 5.39 Å². The third kappa shape index (κ3) is 1.69. The minimum Gasteiger partial charge on any atom is -0.422 e. The summed E-state index contributed by atoms with van der Waals surface area (Å²) < 4.78 is 5.23. The molecular weight excluding hydrogens is 216 g/mol. The first-order chi connectivity index (χ1) is 8.34. The highest BCUT2D eigenvalue weighted by molar-refractivity contribution is 5.80. The summed E-state index contributed by atoms with van der Waals surface area (Å²) in [5.74, 6) is 0. The standard InChI is InChI=1S/C13H8N2O2/c16-13-10(11-5-6-14-8-15-11)7-9-3-1-2-4-12(9)17-13/h1-8H. The molecule has 3 aromatic rings. The Balaban J connectivity index is 2.31. The van der Waals surface area contributed by atoms with Gasteiger partial charge in [-0.3, -0.25) is 0 Å². The van der Waals surface area contributed by atoms with Crippen LogP contribution in [-0.4, -0.2) is 9.97 Å². The van der Waals surface area contributed by atoms with Gasteiger partial charge in [0.05, 0.1) is 11.3 Å². The molecule has 82 valence electrons. The summed E-state index contributed by atoms with van der Waals surface area (Å²) in [6.45, 7) is 0. The zero-order chi connectivity index (χ0) is 11.7. The van der Waals surface area contributed by atoms with E-state index in [-0.39, 0.29) is 5.63 Å². The van der Waals surface area contributed by atoms with E-state index in [1.165, 1.54) is 6.33 Å². The fourth-order valence-corrected chi connectivity index (χ4v) is 1.69. The summed E-state index contributed by atoms with van der Waals surface area (Å²) in [6, 6.07) is 10.8. The van der Waals surface area contributed by atoms with E-state index in [1.807, 2.05) is 18.2 Å². The zero-order valence-corrected chi connectivity index (χ0v) is 8.83. The first kappa shape index (κ1) is 9.72. The SMILES string of the molecule is O=c1oc2ccccc2cc1-c1ccncn1. The van der Waals surface area contributed by atoms with Gasteiger partial charge < -0.3 is 4.42 Å². The van der Waals surface area contributed by atoms with Gasteiger partial charge in [-0.2, -0.15) is 0 Å². The first-order valence-corrected chi connectivity index (χ1v) is 5.14. The lowest BCUT2D eigenvalue weighted by molar-refractivity contribution is 0.563. The van der Waals surface area contributed by atoms with Crippen LogP contribution in [0.4, 0.5) is 0 Å². The fourth-order valence-electron chi connectivity index (χ4n) is 1.69. The second kappa shape index (κ2) is 3.83. The average Bonchev–Trinajstić information content (AvgIpc) is 2.39. The van der Waals surface area contributed by atoms with Crippen molar-refractivity contribution in [3.05, 3.63) is 59.3 Å². The van der Waals surface area contributed by atoms with Crippen molar-refractivity contribution in [2.45, 2.75) is 0 Å². The second-order valence-electron chi connectivity index (χ2n) is 3.58. The van der Waals surface area contributed by atoms with Crippen LogP contribution in [0, 0.1) is 0 Å². The topological polar surface area (TPSA) is 56.0 Å². The molecule has 1 aromatic carbocycles. The van der Waals surface area contributed by atoms with Crippen LogP contribution in [0.1, 0.15) is 0 Å². The van der Waals surface area contributed by atoms with Crippen molar-refractivity contribution in [2.75, 3.05) is 0 Å². The molecule has 0 saturated heterocycles. The third-order valence-corrected chi connectivity index (χ3v) is 2.50. The van der Waals surface area contributed by atoms with Gasteiger partial charge in [0, 0.05) is 11.6 Å². The Hall–Kier alpha value is -2.49. The number of aromatic nitrogens is 2. The van der Waals surface area contributed by atoms with Crippen molar-refractivity contribution in [1.82, 2.24) is 9.97 Å². The maximum atomic E-state index is 11.8. The summed E-state index contributed by atoms with van der Waals surface area (Å²) in [6.07, 6.45) is 3.00. The molecule has 3 rings (SSSR count). The molecule has 0 aliphatic rings. The van der Waals surface area contributed by atoms with Crippen molar-refractivity contribution in [2.24, 2.45) is 0 Å². The lowest BCUT2D eigenvalue weighted by Crippen LogP contribution is -2.03. The molecule has 17 heavy (non-hydrogen) atoms. The molecule has 0 fully saturated rings. The highest BCUT2D eigenvalue weighted by Gasteiger charge is 2.07. The van der Waals surface area contributed by atoms with Crippen molar-refractivity contribution < 1.29 is 4.42 Å². The van der Waals surface area contributed by atoms with Crippen LogP contribution in [-0.2, 0) is 0 Å². The van der Waals surface area contributed by atoms with Crippen LogP contribution < -0.4 is 5.63 Å². The van der Waals surface area contributed by atoms with Gasteiger partial charge in [0.2, 0.25) is 0 Å². The van der Waals surface area contributed by atoms with Crippen LogP contribution in [0.3, 0.4) is 0 Å². The third-order valence-electron chi connectivity index (χ3n) is 2.50. The molecule has 4 nitrogen and oxygen atoms in total. The largest absolute Gasteiger partial charge is 0.422 e. The van der Waals surface area contributed by atoms with E-state index < -0.39 is 0 Å². The summed E-state index contributed by atoms with van der Waals surface area (Å²) in [5.41, 5.74) is 1.21. The Morgan fingerprint density at radius 2 is 2.00 bits per heavy atom. The van der Waals surface area contributed by atoms with E-state index in [1.54, 1.807) is 24.4 Å². The number of para-hydroxylation sites is 1. The number of hydrogen-bond acceptors (Lipinski definition) is 4. The molecule has 2 aromatic heterocycles. The Bertz CT molecular complexity index is 720. The fraction of sp³-hybridized carbons (Fsp3) is 0. The van der Waals surface area contributed by atoms with E-state index in [9.17, 15) is 4.79 Å². The van der Waals surface area contributed by atoms with Crippen LogP contribution >= 0.6 is 0 Å². The molecule has 4 heteroatoms. The van der Waals surface area contributed by atoms with Gasteiger partial charge in [0.15, 0.2) is 0 Å². The van der Waals surface area contributed by atoms with Crippen molar-refractivity contribution in [3.8, 4) is 11.3 Å². The summed E-state index contributed by atoms with van der Waals surface area (Å²) in [7, 11) is 0. The molecule has 2 heterocycles. The summed E-state index contributed by atoms with van der Waals surface area (Å²) >= 11 is 0. The van der Waals surface area contributed by atoms with E-state index in [4.69, 9.17) is 4.42 Å². The number of benzene rings is 1. The van der Waals surface area contributed by atoms with Gasteiger partial charge in [-0.05, 0) is 18.2 Å². The van der Waals surface area contributed by atoms with Gasteiger partial charge in [-0.1, -0.05) is 18.2 Å². The maximum Gasteiger partial charge on any atom is 0.345 e. The summed E-state index contributed by atoms with van der Waals surface area (Å²) in [4.78, 5) is 19.7. The van der Waals surface area contributed by atoms with E-state index in [0.29, 0.717) is 16.8 Å². The number of rotatable bonds is 1. The quantitative estimate of drug-likeness (QED) is 0.595. The number of hydrogen-bond donors (Lipinski definition) is 0. The average molecular weight is 224 g/mol. The van der Waals surface area contributed by atoms with E-state index in [2.05, 4.69) is 9.97 Å². The predicted octanol–water partition coefficient (Wildman–Crippen LogP) is 2.25. The minimum absolute atomic E-state index is 0.387. The normalized spacial score (nSPS) is 10.6. The lowest BCUT2D eigenvalue weighted by Gasteiger charge is -2.00. The summed E-state index contributed by atoms with van der Waals surface area (Å²) in [5, 5.41) is 0.876. The van der Waals surface area contributed by atoms with Crippen LogP contribution in [0.2, 0.25) is 0 Å².